The summed E-state index contributed by atoms with van der Waals surface area (Å²) >= 11 is 0. The van der Waals surface area contributed by atoms with Crippen molar-refractivity contribution in [2.24, 2.45) is 17.1 Å². The largest absolute Gasteiger partial charge is 0.342 e. The molecule has 34 heavy (non-hydrogen) atoms. The zero-order chi connectivity index (χ0) is 23.5. The van der Waals surface area contributed by atoms with Gasteiger partial charge in [0, 0.05) is 43.6 Å². The second-order valence-electron chi connectivity index (χ2n) is 11.0. The third-order valence-electron chi connectivity index (χ3n) is 8.51. The minimum atomic E-state index is -0.188. The van der Waals surface area contributed by atoms with E-state index >= 15 is 0 Å². The molecule has 0 bridgehead atoms. The molecule has 2 atom stereocenters. The number of likely N-dealkylation sites (tertiary alicyclic amines) is 1. The SMILES string of the molecule is N[C@H]1CC[C@H](C(=O)N2CCC(CN[C@@H]3C[C@H]3c3ccccc3)(Cc3ccc(F)cc3)CC2)CC1. The van der Waals surface area contributed by atoms with Crippen LogP contribution in [0.5, 0.6) is 0 Å². The third kappa shape index (κ3) is 5.52. The maximum Gasteiger partial charge on any atom is 0.225 e. The molecule has 2 saturated carbocycles. The zero-order valence-corrected chi connectivity index (χ0v) is 20.1. The quantitative estimate of drug-likeness (QED) is 0.629. The molecule has 2 aromatic carbocycles. The van der Waals surface area contributed by atoms with Crippen molar-refractivity contribution in [2.45, 2.75) is 69.4 Å². The number of hydrogen-bond donors (Lipinski definition) is 2. The highest BCUT2D eigenvalue weighted by molar-refractivity contribution is 5.79. The van der Waals surface area contributed by atoms with E-state index in [2.05, 4.69) is 40.5 Å². The molecular weight excluding hydrogens is 425 g/mol. The Morgan fingerprint density at radius 2 is 1.68 bits per heavy atom. The Labute approximate surface area is 203 Å². The molecule has 1 saturated heterocycles. The minimum Gasteiger partial charge on any atom is -0.342 e. The van der Waals surface area contributed by atoms with Crippen LogP contribution in [0.15, 0.2) is 54.6 Å². The van der Waals surface area contributed by atoms with Gasteiger partial charge in [0.25, 0.3) is 0 Å². The molecule has 182 valence electrons. The predicted molar refractivity (Wildman–Crippen MR) is 134 cm³/mol. The number of rotatable bonds is 7. The number of amides is 1. The molecule has 1 aliphatic heterocycles. The summed E-state index contributed by atoms with van der Waals surface area (Å²) in [6.07, 6.45) is 7.87. The molecule has 1 amide bonds. The summed E-state index contributed by atoms with van der Waals surface area (Å²) in [5.74, 6) is 0.901. The molecule has 3 aliphatic rings. The number of nitrogens with two attached hydrogens (primary N) is 1. The van der Waals surface area contributed by atoms with Crippen LogP contribution in [0.4, 0.5) is 4.39 Å². The van der Waals surface area contributed by atoms with Gasteiger partial charge in [-0.25, -0.2) is 4.39 Å². The van der Waals surface area contributed by atoms with E-state index in [4.69, 9.17) is 5.73 Å². The van der Waals surface area contributed by atoms with Crippen molar-refractivity contribution in [1.29, 1.82) is 0 Å². The molecule has 0 radical (unpaired) electrons. The van der Waals surface area contributed by atoms with Crippen molar-refractivity contribution in [3.05, 3.63) is 71.5 Å². The average molecular weight is 464 g/mol. The second kappa shape index (κ2) is 10.2. The van der Waals surface area contributed by atoms with Gasteiger partial charge < -0.3 is 16.0 Å². The van der Waals surface area contributed by atoms with Crippen molar-refractivity contribution < 1.29 is 9.18 Å². The average Bonchev–Trinajstić information content (AvgIpc) is 3.65. The lowest BCUT2D eigenvalue weighted by Crippen LogP contribution is -2.50. The van der Waals surface area contributed by atoms with E-state index in [-0.39, 0.29) is 23.2 Å². The van der Waals surface area contributed by atoms with Gasteiger partial charge in [-0.1, -0.05) is 42.5 Å². The minimum absolute atomic E-state index is 0.0906. The number of carbonyl (C=O) groups excluding carboxylic acids is 1. The molecule has 2 aliphatic carbocycles. The van der Waals surface area contributed by atoms with Crippen LogP contribution in [0.25, 0.3) is 0 Å². The van der Waals surface area contributed by atoms with Crippen molar-refractivity contribution in [1.82, 2.24) is 10.2 Å². The van der Waals surface area contributed by atoms with E-state index in [0.29, 0.717) is 17.9 Å². The molecule has 1 heterocycles. The molecule has 0 aromatic heterocycles. The topological polar surface area (TPSA) is 58.4 Å². The Morgan fingerprint density at radius 1 is 1.00 bits per heavy atom. The predicted octanol–water partition coefficient (Wildman–Crippen LogP) is 4.64. The van der Waals surface area contributed by atoms with Gasteiger partial charge in [-0.2, -0.15) is 0 Å². The van der Waals surface area contributed by atoms with Gasteiger partial charge in [-0.3, -0.25) is 4.79 Å². The summed E-state index contributed by atoms with van der Waals surface area (Å²) in [6, 6.07) is 18.5. The zero-order valence-electron chi connectivity index (χ0n) is 20.1. The van der Waals surface area contributed by atoms with Gasteiger partial charge in [0.15, 0.2) is 0 Å². The van der Waals surface area contributed by atoms with Crippen LogP contribution in [0, 0.1) is 17.2 Å². The van der Waals surface area contributed by atoms with Crippen molar-refractivity contribution in [3.63, 3.8) is 0 Å². The van der Waals surface area contributed by atoms with Gasteiger partial charge in [0.2, 0.25) is 5.91 Å². The van der Waals surface area contributed by atoms with Crippen LogP contribution < -0.4 is 11.1 Å². The Kier molecular flexibility index (Phi) is 7.03. The van der Waals surface area contributed by atoms with Crippen LogP contribution in [0.1, 0.15) is 62.0 Å². The summed E-state index contributed by atoms with van der Waals surface area (Å²) in [5, 5.41) is 3.87. The van der Waals surface area contributed by atoms with Crippen LogP contribution in [-0.2, 0) is 11.2 Å². The monoisotopic (exact) mass is 463 g/mol. The molecule has 3 N–H and O–H groups in total. The Balaban J connectivity index is 1.22. The van der Waals surface area contributed by atoms with Gasteiger partial charge >= 0.3 is 0 Å². The number of nitrogens with one attached hydrogen (secondary N) is 1. The molecule has 5 heteroatoms. The first-order chi connectivity index (χ1) is 16.5. The fraction of sp³-hybridized carbons (Fsp3) is 0.552. The summed E-state index contributed by atoms with van der Waals surface area (Å²) < 4.78 is 13.5. The smallest absolute Gasteiger partial charge is 0.225 e. The number of hydrogen-bond acceptors (Lipinski definition) is 3. The van der Waals surface area contributed by atoms with Crippen molar-refractivity contribution >= 4 is 5.91 Å². The van der Waals surface area contributed by atoms with E-state index < -0.39 is 0 Å². The molecule has 3 fully saturated rings. The van der Waals surface area contributed by atoms with E-state index in [1.165, 1.54) is 17.5 Å². The fourth-order valence-electron chi connectivity index (χ4n) is 6.11. The molecule has 0 spiro atoms. The Hall–Kier alpha value is -2.24. The summed E-state index contributed by atoms with van der Waals surface area (Å²) in [5.41, 5.74) is 8.74. The van der Waals surface area contributed by atoms with Crippen LogP contribution >= 0.6 is 0 Å². The first-order valence-electron chi connectivity index (χ1n) is 13.1. The van der Waals surface area contributed by atoms with Crippen molar-refractivity contribution in [2.75, 3.05) is 19.6 Å². The fourth-order valence-corrected chi connectivity index (χ4v) is 6.11. The number of piperidine rings is 1. The number of benzene rings is 2. The molecule has 5 rings (SSSR count). The Bertz CT molecular complexity index is 947. The molecule has 0 unspecified atom stereocenters. The number of carbonyl (C=O) groups is 1. The lowest BCUT2D eigenvalue weighted by Gasteiger charge is -2.43. The van der Waals surface area contributed by atoms with Gasteiger partial charge in [0.05, 0.1) is 0 Å². The summed E-state index contributed by atoms with van der Waals surface area (Å²) in [7, 11) is 0. The van der Waals surface area contributed by atoms with E-state index in [1.54, 1.807) is 12.1 Å². The van der Waals surface area contributed by atoms with E-state index in [1.807, 2.05) is 12.1 Å². The maximum atomic E-state index is 13.5. The number of nitrogens with zero attached hydrogens (tertiary/aromatic N) is 1. The summed E-state index contributed by atoms with van der Waals surface area (Å²) in [4.78, 5) is 15.3. The lowest BCUT2D eigenvalue weighted by atomic mass is 9.73. The van der Waals surface area contributed by atoms with Gasteiger partial charge in [-0.15, -0.1) is 0 Å². The molecule has 2 aromatic rings. The van der Waals surface area contributed by atoms with E-state index in [9.17, 15) is 9.18 Å². The Morgan fingerprint density at radius 3 is 2.35 bits per heavy atom. The van der Waals surface area contributed by atoms with Gasteiger partial charge in [0.1, 0.15) is 5.82 Å². The standard InChI is InChI=1S/C29H38FN3O/c30-24-10-6-21(7-11-24)19-29(20-32-27-18-26(27)22-4-2-1-3-5-22)14-16-33(17-15-29)28(34)23-8-12-25(31)13-9-23/h1-7,10-11,23,25-27,32H,8-9,12-20,31H2/t23-,25-,26-,27+/m0/s1. The van der Waals surface area contributed by atoms with Crippen molar-refractivity contribution in [3.8, 4) is 0 Å². The first kappa shape index (κ1) is 23.5. The van der Waals surface area contributed by atoms with E-state index in [0.717, 1.165) is 64.6 Å². The first-order valence-corrected chi connectivity index (χ1v) is 13.1. The highest BCUT2D eigenvalue weighted by Crippen LogP contribution is 2.42. The highest BCUT2D eigenvalue weighted by atomic mass is 19.1. The third-order valence-corrected chi connectivity index (χ3v) is 8.51. The second-order valence-corrected chi connectivity index (χ2v) is 11.0. The van der Waals surface area contributed by atoms with Gasteiger partial charge in [-0.05, 0) is 80.0 Å². The van der Waals surface area contributed by atoms with Crippen LogP contribution in [0.2, 0.25) is 0 Å². The number of halogens is 1. The summed E-state index contributed by atoms with van der Waals surface area (Å²) in [6.45, 7) is 2.58. The molecule has 4 nitrogen and oxygen atoms in total. The lowest BCUT2D eigenvalue weighted by molar-refractivity contribution is -0.139. The molecular formula is C29H38FN3O. The van der Waals surface area contributed by atoms with Crippen LogP contribution in [0.3, 0.4) is 0 Å². The highest BCUT2D eigenvalue weighted by Gasteiger charge is 2.42. The maximum absolute atomic E-state index is 13.5. The van der Waals surface area contributed by atoms with Crippen LogP contribution in [-0.4, -0.2) is 42.5 Å². The normalized spacial score (nSPS) is 28.5.